The molecule has 0 aromatic rings. The Hall–Kier alpha value is -0.380. The Morgan fingerprint density at radius 3 is 2.67 bits per heavy atom. The molecule has 0 heterocycles. The summed E-state index contributed by atoms with van der Waals surface area (Å²) in [5.41, 5.74) is 4.55. The fraction of sp³-hybridized carbons (Fsp3) is 0.889. The molecule has 0 aliphatic heterocycles. The monoisotopic (exact) mass is 294 g/mol. The third-order valence-corrected chi connectivity index (χ3v) is 5.44. The number of hydrazine groups is 1. The van der Waals surface area contributed by atoms with Crippen molar-refractivity contribution < 1.29 is 4.74 Å². The highest BCUT2D eigenvalue weighted by atomic mass is 16.5. The maximum atomic E-state index is 6.31. The van der Waals surface area contributed by atoms with Gasteiger partial charge >= 0.3 is 0 Å². The van der Waals surface area contributed by atoms with E-state index in [0.717, 1.165) is 25.4 Å². The van der Waals surface area contributed by atoms with Gasteiger partial charge in [0.25, 0.3) is 0 Å². The van der Waals surface area contributed by atoms with Gasteiger partial charge in [0.05, 0.1) is 11.6 Å². The van der Waals surface area contributed by atoms with Crippen LogP contribution in [0.2, 0.25) is 0 Å². The molecule has 0 saturated heterocycles. The van der Waals surface area contributed by atoms with E-state index in [0.29, 0.717) is 0 Å². The van der Waals surface area contributed by atoms with E-state index in [-0.39, 0.29) is 11.6 Å². The van der Waals surface area contributed by atoms with Gasteiger partial charge in [-0.25, -0.2) is 0 Å². The fourth-order valence-corrected chi connectivity index (χ4v) is 4.13. The number of rotatable bonds is 5. The van der Waals surface area contributed by atoms with E-state index in [4.69, 9.17) is 10.6 Å². The van der Waals surface area contributed by atoms with Crippen LogP contribution >= 0.6 is 0 Å². The standard InChI is InChI=1S/C18H34N2O/c1-3-21-18(13-11-15(2)12-14-18)17(20-19)16-9-7-5-4-6-8-10-16/h9,15,17,20H,3-8,10-14,19H2,1-2H3. The Balaban J connectivity index is 2.18. The minimum absolute atomic E-state index is 0.0823. The summed E-state index contributed by atoms with van der Waals surface area (Å²) in [6.45, 7) is 5.25. The van der Waals surface area contributed by atoms with Gasteiger partial charge in [0, 0.05) is 6.61 Å². The zero-order valence-electron chi connectivity index (χ0n) is 14.0. The normalized spacial score (nSPS) is 32.9. The summed E-state index contributed by atoms with van der Waals surface area (Å²) in [6.07, 6.45) is 14.9. The van der Waals surface area contributed by atoms with Gasteiger partial charge in [0.15, 0.2) is 0 Å². The van der Waals surface area contributed by atoms with Gasteiger partial charge in [-0.2, -0.15) is 0 Å². The molecule has 0 amide bonds. The van der Waals surface area contributed by atoms with Crippen molar-refractivity contribution in [3.63, 3.8) is 0 Å². The van der Waals surface area contributed by atoms with Crippen LogP contribution in [-0.4, -0.2) is 18.2 Å². The number of nitrogens with one attached hydrogen (secondary N) is 1. The average Bonchev–Trinajstić information content (AvgIpc) is 2.45. The SMILES string of the molecule is CCOC1(C(NN)C2=CCCCCCC2)CCC(C)CC1. The largest absolute Gasteiger partial charge is 0.373 e. The van der Waals surface area contributed by atoms with E-state index in [2.05, 4.69) is 25.3 Å². The highest BCUT2D eigenvalue weighted by molar-refractivity contribution is 5.19. The minimum atomic E-state index is -0.0823. The Morgan fingerprint density at radius 2 is 2.00 bits per heavy atom. The molecule has 3 nitrogen and oxygen atoms in total. The Kier molecular flexibility index (Phi) is 6.72. The summed E-state index contributed by atoms with van der Waals surface area (Å²) in [6, 6.07) is 0.197. The van der Waals surface area contributed by atoms with Gasteiger partial charge in [-0.05, 0) is 64.2 Å². The Labute approximate surface area is 130 Å². The molecule has 0 spiro atoms. The second-order valence-corrected chi connectivity index (χ2v) is 7.01. The van der Waals surface area contributed by atoms with Gasteiger partial charge in [-0.1, -0.05) is 31.4 Å². The van der Waals surface area contributed by atoms with Crippen molar-refractivity contribution >= 4 is 0 Å². The summed E-state index contributed by atoms with van der Waals surface area (Å²) in [4.78, 5) is 0. The lowest BCUT2D eigenvalue weighted by atomic mass is 9.72. The van der Waals surface area contributed by atoms with E-state index in [1.807, 2.05) is 0 Å². The predicted molar refractivity (Wildman–Crippen MR) is 88.9 cm³/mol. The highest BCUT2D eigenvalue weighted by Crippen LogP contribution is 2.40. The predicted octanol–water partition coefficient (Wildman–Crippen LogP) is 4.08. The molecule has 1 atom stereocenters. The van der Waals surface area contributed by atoms with Crippen molar-refractivity contribution in [1.29, 1.82) is 0 Å². The molecule has 0 aromatic carbocycles. The van der Waals surface area contributed by atoms with Crippen molar-refractivity contribution in [2.75, 3.05) is 6.61 Å². The van der Waals surface area contributed by atoms with Crippen molar-refractivity contribution in [3.8, 4) is 0 Å². The first kappa shape index (κ1) is 17.0. The smallest absolute Gasteiger partial charge is 0.0886 e. The van der Waals surface area contributed by atoms with Crippen LogP contribution in [0.1, 0.15) is 78.1 Å². The Morgan fingerprint density at radius 1 is 1.29 bits per heavy atom. The maximum absolute atomic E-state index is 6.31. The summed E-state index contributed by atoms with van der Waals surface area (Å²) in [7, 11) is 0. The third kappa shape index (κ3) is 4.30. The zero-order chi connectivity index (χ0) is 15.1. The zero-order valence-corrected chi connectivity index (χ0v) is 14.0. The van der Waals surface area contributed by atoms with Crippen LogP contribution in [0.15, 0.2) is 11.6 Å². The molecule has 0 radical (unpaired) electrons. The highest BCUT2D eigenvalue weighted by Gasteiger charge is 2.43. The van der Waals surface area contributed by atoms with Crippen LogP contribution in [0.3, 0.4) is 0 Å². The molecule has 2 aliphatic carbocycles. The molecule has 1 saturated carbocycles. The third-order valence-electron chi connectivity index (χ3n) is 5.44. The first-order valence-corrected chi connectivity index (χ1v) is 9.01. The van der Waals surface area contributed by atoms with Gasteiger partial charge in [-0.15, -0.1) is 0 Å². The molecule has 0 bridgehead atoms. The lowest BCUT2D eigenvalue weighted by molar-refractivity contribution is -0.0891. The molecule has 21 heavy (non-hydrogen) atoms. The average molecular weight is 294 g/mol. The molecular formula is C18H34N2O. The topological polar surface area (TPSA) is 47.3 Å². The van der Waals surface area contributed by atoms with E-state index in [1.54, 1.807) is 0 Å². The van der Waals surface area contributed by atoms with Crippen LogP contribution in [0.5, 0.6) is 0 Å². The summed E-state index contributed by atoms with van der Waals surface area (Å²) in [5.74, 6) is 6.83. The van der Waals surface area contributed by atoms with Crippen LogP contribution in [-0.2, 0) is 4.74 Å². The number of hydrogen-bond donors (Lipinski definition) is 2. The first-order valence-electron chi connectivity index (χ1n) is 9.01. The molecule has 1 fully saturated rings. The minimum Gasteiger partial charge on any atom is -0.373 e. The van der Waals surface area contributed by atoms with Crippen molar-refractivity contribution in [2.45, 2.75) is 89.7 Å². The van der Waals surface area contributed by atoms with Crippen LogP contribution < -0.4 is 11.3 Å². The second-order valence-electron chi connectivity index (χ2n) is 7.01. The first-order chi connectivity index (χ1) is 10.2. The molecule has 0 aromatic heterocycles. The molecule has 1 unspecified atom stereocenters. The van der Waals surface area contributed by atoms with Crippen molar-refractivity contribution in [1.82, 2.24) is 5.43 Å². The van der Waals surface area contributed by atoms with Gasteiger partial charge in [-0.3, -0.25) is 11.3 Å². The van der Waals surface area contributed by atoms with Gasteiger partial charge in [0.2, 0.25) is 0 Å². The number of nitrogens with two attached hydrogens (primary N) is 1. The molecule has 3 N–H and O–H groups in total. The summed E-state index contributed by atoms with van der Waals surface area (Å²) in [5, 5.41) is 0. The molecule has 122 valence electrons. The van der Waals surface area contributed by atoms with Gasteiger partial charge < -0.3 is 4.74 Å². The van der Waals surface area contributed by atoms with Crippen LogP contribution in [0.25, 0.3) is 0 Å². The van der Waals surface area contributed by atoms with E-state index < -0.39 is 0 Å². The maximum Gasteiger partial charge on any atom is 0.0886 e. The van der Waals surface area contributed by atoms with Crippen molar-refractivity contribution in [2.24, 2.45) is 11.8 Å². The lowest BCUT2D eigenvalue weighted by Gasteiger charge is -2.45. The number of allylic oxidation sites excluding steroid dienone is 1. The fourth-order valence-electron chi connectivity index (χ4n) is 4.13. The molecule has 2 aliphatic rings. The molecule has 2 rings (SSSR count). The molecule has 3 heteroatoms. The van der Waals surface area contributed by atoms with E-state index in [9.17, 15) is 0 Å². The summed E-state index contributed by atoms with van der Waals surface area (Å²) >= 11 is 0. The molecular weight excluding hydrogens is 260 g/mol. The Bertz CT molecular complexity index is 332. The van der Waals surface area contributed by atoms with Crippen molar-refractivity contribution in [3.05, 3.63) is 11.6 Å². The van der Waals surface area contributed by atoms with Gasteiger partial charge in [0.1, 0.15) is 0 Å². The number of ether oxygens (including phenoxy) is 1. The second kappa shape index (κ2) is 8.30. The summed E-state index contributed by atoms with van der Waals surface area (Å²) < 4.78 is 6.31. The number of hydrogen-bond acceptors (Lipinski definition) is 3. The van der Waals surface area contributed by atoms with E-state index in [1.165, 1.54) is 56.9 Å². The quantitative estimate of drug-likeness (QED) is 0.456. The van der Waals surface area contributed by atoms with Crippen LogP contribution in [0, 0.1) is 5.92 Å². The lowest BCUT2D eigenvalue weighted by Crippen LogP contribution is -2.57. The van der Waals surface area contributed by atoms with E-state index >= 15 is 0 Å². The van der Waals surface area contributed by atoms with Crippen LogP contribution in [0.4, 0.5) is 0 Å².